The molecule has 1 aliphatic heterocycles. The van der Waals surface area contributed by atoms with Gasteiger partial charge in [-0.1, -0.05) is 36.4 Å². The first-order valence-corrected chi connectivity index (χ1v) is 8.99. The molecule has 0 spiro atoms. The van der Waals surface area contributed by atoms with E-state index in [-0.39, 0.29) is 18.9 Å². The maximum absolute atomic E-state index is 12.1. The number of nitrogens with one attached hydrogen (secondary N) is 3. The lowest BCUT2D eigenvalue weighted by molar-refractivity contribution is -0.120. The predicted molar refractivity (Wildman–Crippen MR) is 104 cm³/mol. The molecule has 0 radical (unpaired) electrons. The third-order valence-corrected chi connectivity index (χ3v) is 4.40. The number of para-hydroxylation sites is 2. The number of ether oxygens (including phenoxy) is 1. The van der Waals surface area contributed by atoms with Crippen LogP contribution in [0.5, 0.6) is 0 Å². The first-order valence-electron chi connectivity index (χ1n) is 8.99. The number of aliphatic hydroxyl groups is 2. The highest BCUT2D eigenvalue weighted by Crippen LogP contribution is 2.24. The largest absolute Gasteiger partial charge is 0.388 e. The molecule has 8 nitrogen and oxygen atoms in total. The Hall–Kier alpha value is -2.94. The zero-order valence-electron chi connectivity index (χ0n) is 15.1. The zero-order chi connectivity index (χ0) is 19.9. The van der Waals surface area contributed by atoms with Gasteiger partial charge in [-0.05, 0) is 24.3 Å². The van der Waals surface area contributed by atoms with Crippen molar-refractivity contribution in [2.45, 2.75) is 30.8 Å². The molecule has 0 bridgehead atoms. The molecule has 5 N–H and O–H groups in total. The summed E-state index contributed by atoms with van der Waals surface area (Å²) in [7, 11) is 0. The van der Waals surface area contributed by atoms with Crippen molar-refractivity contribution >= 4 is 23.3 Å². The van der Waals surface area contributed by atoms with Crippen molar-refractivity contribution in [1.29, 1.82) is 0 Å². The van der Waals surface area contributed by atoms with Crippen LogP contribution in [0.25, 0.3) is 0 Å². The van der Waals surface area contributed by atoms with E-state index in [2.05, 4.69) is 16.0 Å². The van der Waals surface area contributed by atoms with Crippen LogP contribution in [-0.2, 0) is 9.53 Å². The molecule has 28 heavy (non-hydrogen) atoms. The zero-order valence-corrected chi connectivity index (χ0v) is 15.1. The first kappa shape index (κ1) is 19.8. The Morgan fingerprint density at radius 3 is 1.96 bits per heavy atom. The van der Waals surface area contributed by atoms with E-state index in [0.29, 0.717) is 11.4 Å². The van der Waals surface area contributed by atoms with E-state index in [1.165, 1.54) is 0 Å². The predicted octanol–water partition coefficient (Wildman–Crippen LogP) is 1.33. The van der Waals surface area contributed by atoms with Crippen molar-refractivity contribution in [3.63, 3.8) is 0 Å². The van der Waals surface area contributed by atoms with Gasteiger partial charge in [-0.25, -0.2) is 4.79 Å². The summed E-state index contributed by atoms with van der Waals surface area (Å²) < 4.78 is 5.59. The SMILES string of the molecule is O=C(C[C@@H]1O[C@H](CNC(=O)Nc2ccccc2)[C@@H](O)[C@H]1O)Nc1ccccc1. The Balaban J connectivity index is 1.46. The van der Waals surface area contributed by atoms with Crippen LogP contribution in [-0.4, -0.2) is 53.1 Å². The fraction of sp³-hybridized carbons (Fsp3) is 0.300. The van der Waals surface area contributed by atoms with Gasteiger partial charge in [0.05, 0.1) is 12.5 Å². The lowest BCUT2D eigenvalue weighted by Crippen LogP contribution is -2.41. The maximum Gasteiger partial charge on any atom is 0.319 e. The summed E-state index contributed by atoms with van der Waals surface area (Å²) in [6.07, 6.45) is -4.20. The number of anilines is 2. The van der Waals surface area contributed by atoms with Gasteiger partial charge in [0.15, 0.2) is 0 Å². The quantitative estimate of drug-likeness (QED) is 0.514. The van der Waals surface area contributed by atoms with Crippen LogP contribution in [0, 0.1) is 0 Å². The fourth-order valence-corrected chi connectivity index (χ4v) is 2.97. The molecular weight excluding hydrogens is 362 g/mol. The summed E-state index contributed by atoms with van der Waals surface area (Å²) in [6.45, 7) is -0.00625. The average Bonchev–Trinajstić information content (AvgIpc) is 2.96. The summed E-state index contributed by atoms with van der Waals surface area (Å²) in [4.78, 5) is 24.1. The average molecular weight is 385 g/mol. The van der Waals surface area contributed by atoms with Gasteiger partial charge >= 0.3 is 6.03 Å². The number of amides is 3. The number of rotatable bonds is 6. The van der Waals surface area contributed by atoms with Crippen LogP contribution in [0.2, 0.25) is 0 Å². The molecule has 3 rings (SSSR count). The van der Waals surface area contributed by atoms with E-state index in [4.69, 9.17) is 4.74 Å². The van der Waals surface area contributed by atoms with Crippen LogP contribution in [0.15, 0.2) is 60.7 Å². The minimum atomic E-state index is -1.22. The number of benzene rings is 2. The maximum atomic E-state index is 12.1. The Morgan fingerprint density at radius 1 is 0.821 bits per heavy atom. The second kappa shape index (κ2) is 9.32. The number of hydrogen-bond donors (Lipinski definition) is 5. The molecule has 1 aliphatic rings. The number of urea groups is 1. The number of hydrogen-bond acceptors (Lipinski definition) is 5. The molecule has 1 saturated heterocycles. The summed E-state index contributed by atoms with van der Waals surface area (Å²) >= 11 is 0. The van der Waals surface area contributed by atoms with E-state index in [0.717, 1.165) is 0 Å². The van der Waals surface area contributed by atoms with Crippen LogP contribution in [0.4, 0.5) is 16.2 Å². The van der Waals surface area contributed by atoms with Crippen molar-refractivity contribution in [3.8, 4) is 0 Å². The van der Waals surface area contributed by atoms with E-state index >= 15 is 0 Å². The molecule has 2 aromatic carbocycles. The van der Waals surface area contributed by atoms with Crippen LogP contribution >= 0.6 is 0 Å². The molecule has 2 aromatic rings. The molecule has 0 aliphatic carbocycles. The van der Waals surface area contributed by atoms with Crippen molar-refractivity contribution in [3.05, 3.63) is 60.7 Å². The molecular formula is C20H23N3O5. The van der Waals surface area contributed by atoms with Gasteiger partial charge in [-0.3, -0.25) is 4.79 Å². The molecule has 0 aromatic heterocycles. The summed E-state index contributed by atoms with van der Waals surface area (Å²) in [5.41, 5.74) is 1.26. The van der Waals surface area contributed by atoms with Gasteiger partial charge in [0, 0.05) is 17.9 Å². The minimum absolute atomic E-state index is 0.00625. The third kappa shape index (κ3) is 5.29. The van der Waals surface area contributed by atoms with Crippen molar-refractivity contribution in [2.24, 2.45) is 0 Å². The summed E-state index contributed by atoms with van der Waals surface area (Å²) in [5.74, 6) is -0.335. The van der Waals surface area contributed by atoms with Crippen LogP contribution in [0.3, 0.4) is 0 Å². The minimum Gasteiger partial charge on any atom is -0.388 e. The normalized spacial score (nSPS) is 23.8. The highest BCUT2D eigenvalue weighted by molar-refractivity contribution is 5.91. The summed E-state index contributed by atoms with van der Waals surface area (Å²) in [6, 6.07) is 17.4. The topological polar surface area (TPSA) is 120 Å². The molecule has 1 heterocycles. The standard InChI is InChI=1S/C20H23N3O5/c24-17(22-13-7-3-1-4-8-13)11-15-18(25)19(26)16(28-15)12-21-20(27)23-14-9-5-2-6-10-14/h1-10,15-16,18-19,25-26H,11-12H2,(H,22,24)(H2,21,23,27)/t15-,16+,18-,19+/m0/s1. The van der Waals surface area contributed by atoms with Crippen molar-refractivity contribution < 1.29 is 24.5 Å². The Kier molecular flexibility index (Phi) is 6.59. The van der Waals surface area contributed by atoms with E-state index in [1.807, 2.05) is 12.1 Å². The highest BCUT2D eigenvalue weighted by atomic mass is 16.5. The molecule has 3 amide bonds. The molecule has 4 atom stereocenters. The van der Waals surface area contributed by atoms with Crippen molar-refractivity contribution in [2.75, 3.05) is 17.2 Å². The van der Waals surface area contributed by atoms with E-state index < -0.39 is 30.4 Å². The number of carbonyl (C=O) groups excluding carboxylic acids is 2. The molecule has 1 fully saturated rings. The lowest BCUT2D eigenvalue weighted by Gasteiger charge is -2.15. The molecule has 8 heteroatoms. The smallest absolute Gasteiger partial charge is 0.319 e. The first-order chi connectivity index (χ1) is 13.5. The Morgan fingerprint density at radius 2 is 1.36 bits per heavy atom. The van der Waals surface area contributed by atoms with E-state index in [9.17, 15) is 19.8 Å². The molecule has 0 unspecified atom stereocenters. The Bertz CT molecular complexity index is 787. The fourth-order valence-electron chi connectivity index (χ4n) is 2.97. The highest BCUT2D eigenvalue weighted by Gasteiger charge is 2.43. The van der Waals surface area contributed by atoms with Gasteiger partial charge in [-0.15, -0.1) is 0 Å². The molecule has 0 saturated carbocycles. The van der Waals surface area contributed by atoms with Gasteiger partial charge in [0.1, 0.15) is 18.3 Å². The molecule has 148 valence electrons. The third-order valence-electron chi connectivity index (χ3n) is 4.40. The van der Waals surface area contributed by atoms with Gasteiger partial charge in [0.25, 0.3) is 0 Å². The van der Waals surface area contributed by atoms with Crippen molar-refractivity contribution in [1.82, 2.24) is 5.32 Å². The number of aliphatic hydroxyl groups excluding tert-OH is 2. The van der Waals surface area contributed by atoms with Crippen LogP contribution in [0.1, 0.15) is 6.42 Å². The van der Waals surface area contributed by atoms with Crippen LogP contribution < -0.4 is 16.0 Å². The van der Waals surface area contributed by atoms with Gasteiger partial charge in [-0.2, -0.15) is 0 Å². The summed E-state index contributed by atoms with van der Waals surface area (Å²) in [5, 5.41) is 28.3. The second-order valence-electron chi connectivity index (χ2n) is 6.51. The van der Waals surface area contributed by atoms with Gasteiger partial charge < -0.3 is 30.9 Å². The van der Waals surface area contributed by atoms with E-state index in [1.54, 1.807) is 48.5 Å². The van der Waals surface area contributed by atoms with Gasteiger partial charge in [0.2, 0.25) is 5.91 Å². The second-order valence-corrected chi connectivity index (χ2v) is 6.51. The number of carbonyl (C=O) groups is 2. The lowest BCUT2D eigenvalue weighted by atomic mass is 10.1. The monoisotopic (exact) mass is 385 g/mol. The Labute approximate surface area is 162 Å².